The van der Waals surface area contributed by atoms with E-state index in [0.717, 1.165) is 5.57 Å². The number of hydrogen-bond donors (Lipinski definition) is 0. The molecule has 0 aromatic rings. The van der Waals surface area contributed by atoms with E-state index in [1.807, 2.05) is 13.0 Å². The Bertz CT molecular complexity index is 545. The second-order valence-electron chi connectivity index (χ2n) is 6.15. The highest BCUT2D eigenvalue weighted by molar-refractivity contribution is 5.96. The quantitative estimate of drug-likeness (QED) is 0.589. The molecule has 5 nitrogen and oxygen atoms in total. The summed E-state index contributed by atoms with van der Waals surface area (Å²) in [5.74, 6) is -0.759. The summed E-state index contributed by atoms with van der Waals surface area (Å²) >= 11 is 0. The number of ether oxygens (including phenoxy) is 2. The second-order valence-corrected chi connectivity index (χ2v) is 6.15. The van der Waals surface area contributed by atoms with Gasteiger partial charge in [0.2, 0.25) is 0 Å². The molecule has 0 aromatic heterocycles. The number of hydrogen-bond acceptors (Lipinski definition) is 5. The average Bonchev–Trinajstić information content (AvgIpc) is 2.56. The monoisotopic (exact) mass is 306 g/mol. The zero-order valence-electron chi connectivity index (χ0n) is 13.3. The minimum Gasteiger partial charge on any atom is -0.462 e. The van der Waals surface area contributed by atoms with Gasteiger partial charge in [0, 0.05) is 24.8 Å². The van der Waals surface area contributed by atoms with Crippen LogP contribution in [0.4, 0.5) is 0 Å². The smallest absolute Gasteiger partial charge is 0.334 e. The number of carbonyl (C=O) groups excluding carboxylic acids is 3. The molecule has 1 aliphatic heterocycles. The molecule has 4 atom stereocenters. The lowest BCUT2D eigenvalue weighted by Gasteiger charge is -2.18. The van der Waals surface area contributed by atoms with Gasteiger partial charge in [-0.15, -0.1) is 0 Å². The van der Waals surface area contributed by atoms with Gasteiger partial charge in [-0.05, 0) is 31.3 Å². The van der Waals surface area contributed by atoms with Gasteiger partial charge in [0.1, 0.15) is 12.2 Å². The van der Waals surface area contributed by atoms with Crippen molar-refractivity contribution in [2.75, 3.05) is 0 Å². The fourth-order valence-electron chi connectivity index (χ4n) is 3.20. The second kappa shape index (κ2) is 6.46. The standard InChI is InChI=1S/C17H22O5/c1-9-7-16-14(11(3)17(20)22-16)6-5-13(9)15(19)8-10(2)21-12(4)18/h5,9-10,14,16H,3,6-8H2,1-2,4H3/t9-,10+,14+,16-/m0/s1. The highest BCUT2D eigenvalue weighted by Crippen LogP contribution is 2.38. The van der Waals surface area contributed by atoms with E-state index in [1.54, 1.807) is 6.92 Å². The Labute approximate surface area is 130 Å². The molecule has 1 heterocycles. The molecule has 5 heteroatoms. The third-order valence-electron chi connectivity index (χ3n) is 4.29. The number of carbonyl (C=O) groups is 3. The molecule has 0 saturated carbocycles. The Morgan fingerprint density at radius 3 is 2.82 bits per heavy atom. The van der Waals surface area contributed by atoms with E-state index in [1.165, 1.54) is 6.92 Å². The van der Waals surface area contributed by atoms with Gasteiger partial charge in [-0.25, -0.2) is 4.79 Å². The predicted octanol–water partition coefficient (Wildman–Crippen LogP) is 2.35. The van der Waals surface area contributed by atoms with E-state index in [2.05, 4.69) is 6.58 Å². The predicted molar refractivity (Wildman–Crippen MR) is 79.8 cm³/mol. The van der Waals surface area contributed by atoms with Crippen LogP contribution in [0.25, 0.3) is 0 Å². The van der Waals surface area contributed by atoms with Crippen molar-refractivity contribution in [3.63, 3.8) is 0 Å². The summed E-state index contributed by atoms with van der Waals surface area (Å²) in [6.45, 7) is 8.78. The van der Waals surface area contributed by atoms with Crippen molar-refractivity contribution in [2.24, 2.45) is 11.8 Å². The fourth-order valence-corrected chi connectivity index (χ4v) is 3.20. The molecule has 0 bridgehead atoms. The van der Waals surface area contributed by atoms with Crippen LogP contribution < -0.4 is 0 Å². The minimum absolute atomic E-state index is 0.00530. The number of rotatable bonds is 4. The van der Waals surface area contributed by atoms with Crippen LogP contribution in [0.3, 0.4) is 0 Å². The van der Waals surface area contributed by atoms with Crippen molar-refractivity contribution >= 4 is 17.7 Å². The summed E-state index contributed by atoms with van der Waals surface area (Å²) in [7, 11) is 0. The molecule has 22 heavy (non-hydrogen) atoms. The van der Waals surface area contributed by atoms with Gasteiger partial charge in [0.05, 0.1) is 0 Å². The molecule has 2 rings (SSSR count). The van der Waals surface area contributed by atoms with Crippen LogP contribution in [0, 0.1) is 11.8 Å². The van der Waals surface area contributed by atoms with Crippen LogP contribution in [0.15, 0.2) is 23.8 Å². The van der Waals surface area contributed by atoms with E-state index < -0.39 is 6.10 Å². The maximum absolute atomic E-state index is 12.4. The molecule has 0 spiro atoms. The fraction of sp³-hybridized carbons (Fsp3) is 0.588. The SMILES string of the molecule is C=C1C(=O)O[C@H]2C[C@H](C)C(C(=O)C[C@@H](C)OC(C)=O)=CC[C@H]12. The Balaban J connectivity index is 2.06. The number of fused-ring (bicyclic) bond motifs is 1. The Morgan fingerprint density at radius 1 is 1.50 bits per heavy atom. The van der Waals surface area contributed by atoms with Crippen molar-refractivity contribution in [3.8, 4) is 0 Å². The summed E-state index contributed by atoms with van der Waals surface area (Å²) in [5, 5.41) is 0. The van der Waals surface area contributed by atoms with E-state index in [4.69, 9.17) is 9.47 Å². The van der Waals surface area contributed by atoms with E-state index in [9.17, 15) is 14.4 Å². The number of allylic oxidation sites excluding steroid dienone is 2. The summed E-state index contributed by atoms with van der Waals surface area (Å²) in [6, 6.07) is 0. The highest BCUT2D eigenvalue weighted by Gasteiger charge is 2.41. The third-order valence-corrected chi connectivity index (χ3v) is 4.29. The average molecular weight is 306 g/mol. The Hall–Kier alpha value is -1.91. The molecule has 0 aromatic carbocycles. The Kier molecular flexibility index (Phi) is 4.84. The van der Waals surface area contributed by atoms with Crippen molar-refractivity contribution in [1.82, 2.24) is 0 Å². The third kappa shape index (κ3) is 3.46. The summed E-state index contributed by atoms with van der Waals surface area (Å²) in [6.07, 6.45) is 2.64. The molecule has 0 radical (unpaired) electrons. The van der Waals surface area contributed by atoms with E-state index in [0.29, 0.717) is 18.4 Å². The normalized spacial score (nSPS) is 29.0. The van der Waals surface area contributed by atoms with Gasteiger partial charge in [0.15, 0.2) is 5.78 Å². The number of esters is 2. The maximum atomic E-state index is 12.4. The van der Waals surface area contributed by atoms with Crippen LogP contribution in [0.1, 0.15) is 40.0 Å². The van der Waals surface area contributed by atoms with Gasteiger partial charge in [0.25, 0.3) is 0 Å². The van der Waals surface area contributed by atoms with Crippen molar-refractivity contribution < 1.29 is 23.9 Å². The molecule has 0 N–H and O–H groups in total. The zero-order chi connectivity index (χ0) is 16.4. The van der Waals surface area contributed by atoms with Crippen LogP contribution in [-0.2, 0) is 23.9 Å². The minimum atomic E-state index is -0.436. The van der Waals surface area contributed by atoms with Gasteiger partial charge in [-0.2, -0.15) is 0 Å². The lowest BCUT2D eigenvalue weighted by atomic mass is 9.89. The first kappa shape index (κ1) is 16.5. The molecule has 1 saturated heterocycles. The highest BCUT2D eigenvalue weighted by atomic mass is 16.6. The number of ketones is 1. The molecule has 2 aliphatic rings. The molecule has 1 aliphatic carbocycles. The lowest BCUT2D eigenvalue weighted by Crippen LogP contribution is -2.22. The first-order valence-electron chi connectivity index (χ1n) is 7.59. The first-order valence-corrected chi connectivity index (χ1v) is 7.59. The summed E-state index contributed by atoms with van der Waals surface area (Å²) < 4.78 is 10.4. The summed E-state index contributed by atoms with van der Waals surface area (Å²) in [5.41, 5.74) is 1.23. The van der Waals surface area contributed by atoms with Crippen LogP contribution in [0.2, 0.25) is 0 Å². The molecule has 0 amide bonds. The molecular weight excluding hydrogens is 284 g/mol. The van der Waals surface area contributed by atoms with Crippen molar-refractivity contribution in [3.05, 3.63) is 23.8 Å². The molecule has 0 unspecified atom stereocenters. The molecule has 1 fully saturated rings. The lowest BCUT2D eigenvalue weighted by molar-refractivity contribution is -0.146. The topological polar surface area (TPSA) is 69.7 Å². The van der Waals surface area contributed by atoms with Gasteiger partial charge in [-0.1, -0.05) is 19.6 Å². The van der Waals surface area contributed by atoms with Crippen molar-refractivity contribution in [2.45, 2.75) is 52.2 Å². The largest absolute Gasteiger partial charge is 0.462 e. The van der Waals surface area contributed by atoms with Gasteiger partial charge < -0.3 is 9.47 Å². The number of Topliss-reactive ketones (excluding diaryl/α,β-unsaturated/α-hetero) is 1. The molecular formula is C17H22O5. The van der Waals surface area contributed by atoms with Gasteiger partial charge in [-0.3, -0.25) is 9.59 Å². The van der Waals surface area contributed by atoms with E-state index in [-0.39, 0.29) is 42.1 Å². The Morgan fingerprint density at radius 2 is 2.18 bits per heavy atom. The summed E-state index contributed by atoms with van der Waals surface area (Å²) in [4.78, 5) is 34.9. The van der Waals surface area contributed by atoms with Gasteiger partial charge >= 0.3 is 11.9 Å². The molecule has 120 valence electrons. The van der Waals surface area contributed by atoms with Crippen LogP contribution >= 0.6 is 0 Å². The zero-order valence-corrected chi connectivity index (χ0v) is 13.3. The van der Waals surface area contributed by atoms with Crippen molar-refractivity contribution in [1.29, 1.82) is 0 Å². The van der Waals surface area contributed by atoms with E-state index >= 15 is 0 Å². The first-order chi connectivity index (χ1) is 10.3. The maximum Gasteiger partial charge on any atom is 0.334 e. The van der Waals surface area contributed by atoms with Crippen LogP contribution in [-0.4, -0.2) is 29.9 Å². The van der Waals surface area contributed by atoms with Crippen LogP contribution in [0.5, 0.6) is 0 Å².